The number of carbonyl (C=O) groups excluding carboxylic acids is 5. The first-order valence-electron chi connectivity index (χ1n) is 13.4. The average molecular weight is 618 g/mol. The average Bonchev–Trinajstić information content (AvgIpc) is 3.35. The van der Waals surface area contributed by atoms with Crippen LogP contribution in [0.4, 0.5) is 10.5 Å². The maximum atomic E-state index is 12.8. The van der Waals surface area contributed by atoms with Crippen LogP contribution in [-0.4, -0.2) is 81.2 Å². The summed E-state index contributed by atoms with van der Waals surface area (Å²) in [5, 5.41) is 14.0. The van der Waals surface area contributed by atoms with Crippen molar-refractivity contribution in [3.63, 3.8) is 0 Å². The van der Waals surface area contributed by atoms with E-state index in [1.54, 1.807) is 13.8 Å². The molecule has 3 heterocycles. The Labute approximate surface area is 249 Å². The van der Waals surface area contributed by atoms with Gasteiger partial charge in [-0.25, -0.2) is 14.6 Å². The van der Waals surface area contributed by atoms with Crippen LogP contribution in [0.1, 0.15) is 47.8 Å². The number of aromatic nitrogens is 4. The molecule has 1 fully saturated rings. The summed E-state index contributed by atoms with van der Waals surface area (Å²) in [5.74, 6) is -3.08. The Morgan fingerprint density at radius 2 is 1.80 bits per heavy atom. The van der Waals surface area contributed by atoms with Gasteiger partial charge in [-0.2, -0.15) is 10.2 Å². The van der Waals surface area contributed by atoms with Crippen LogP contribution in [0.2, 0.25) is 0 Å². The van der Waals surface area contributed by atoms with E-state index in [4.69, 9.17) is 28.4 Å². The summed E-state index contributed by atoms with van der Waals surface area (Å²) in [4.78, 5) is 72.9. The van der Waals surface area contributed by atoms with E-state index in [0.29, 0.717) is 5.39 Å². The Morgan fingerprint density at radius 3 is 2.43 bits per heavy atom. The lowest BCUT2D eigenvalue weighted by molar-refractivity contribution is -0.185. The number of nitrogens with one attached hydrogen (secondary N) is 2. The summed E-state index contributed by atoms with van der Waals surface area (Å²) in [6, 6.07) is 1.37. The Bertz CT molecular complexity index is 1680. The first-order chi connectivity index (χ1) is 20.7. The number of nitrogens with zero attached hydrogens (tertiary/aromatic N) is 3. The number of anilines is 1. The molecule has 17 heteroatoms. The lowest BCUT2D eigenvalue weighted by Gasteiger charge is -2.34. The summed E-state index contributed by atoms with van der Waals surface area (Å²) in [5.41, 5.74) is -2.03. The normalized spacial score (nSPS) is 21.2. The minimum absolute atomic E-state index is 0.109. The van der Waals surface area contributed by atoms with E-state index in [9.17, 15) is 28.8 Å². The summed E-state index contributed by atoms with van der Waals surface area (Å²) in [7, 11) is 0. The van der Waals surface area contributed by atoms with Crippen LogP contribution < -0.4 is 10.9 Å². The van der Waals surface area contributed by atoms with Gasteiger partial charge < -0.3 is 28.4 Å². The van der Waals surface area contributed by atoms with Crippen molar-refractivity contribution in [1.29, 1.82) is 0 Å². The Hall–Kier alpha value is -5.06. The predicted molar refractivity (Wildman–Crippen MR) is 148 cm³/mol. The predicted octanol–water partition coefficient (Wildman–Crippen LogP) is 1.69. The number of esters is 4. The van der Waals surface area contributed by atoms with Crippen LogP contribution in [0.3, 0.4) is 0 Å². The molecule has 1 aliphatic heterocycles. The molecule has 1 aliphatic rings. The number of rotatable bonds is 9. The van der Waals surface area contributed by atoms with Gasteiger partial charge in [-0.3, -0.25) is 29.3 Å². The molecule has 3 aromatic rings. The van der Waals surface area contributed by atoms with Crippen molar-refractivity contribution in [2.24, 2.45) is 5.92 Å². The molecule has 1 saturated heterocycles. The molecule has 0 bridgehead atoms. The highest BCUT2D eigenvalue weighted by atomic mass is 16.7. The minimum atomic E-state index is -1.71. The van der Waals surface area contributed by atoms with Gasteiger partial charge in [-0.05, 0) is 13.0 Å². The van der Waals surface area contributed by atoms with Gasteiger partial charge in [-0.15, -0.1) is 0 Å². The number of hydrogen-bond acceptors (Lipinski definition) is 14. The zero-order valence-electron chi connectivity index (χ0n) is 24.7. The fraction of sp³-hybridized carbons (Fsp3) is 0.481. The maximum absolute atomic E-state index is 12.8. The number of amides is 1. The van der Waals surface area contributed by atoms with Crippen LogP contribution in [-0.2, 0) is 47.6 Å². The number of aromatic amines is 1. The van der Waals surface area contributed by atoms with E-state index in [1.165, 1.54) is 37.0 Å². The van der Waals surface area contributed by atoms with E-state index in [2.05, 4.69) is 20.6 Å². The molecule has 0 aliphatic carbocycles. The van der Waals surface area contributed by atoms with Gasteiger partial charge in [0.2, 0.25) is 6.79 Å². The van der Waals surface area contributed by atoms with Crippen molar-refractivity contribution in [2.45, 2.75) is 65.6 Å². The summed E-state index contributed by atoms with van der Waals surface area (Å²) < 4.78 is 33.5. The highest BCUT2D eigenvalue weighted by Crippen LogP contribution is 2.44. The third kappa shape index (κ3) is 6.61. The van der Waals surface area contributed by atoms with Crippen LogP contribution in [0.15, 0.2) is 23.3 Å². The molecule has 2 aromatic heterocycles. The van der Waals surface area contributed by atoms with Crippen LogP contribution in [0, 0.1) is 5.92 Å². The quantitative estimate of drug-likeness (QED) is 0.198. The van der Waals surface area contributed by atoms with Gasteiger partial charge in [0.1, 0.15) is 18.2 Å². The summed E-state index contributed by atoms with van der Waals surface area (Å²) in [6.45, 7) is 7.19. The molecule has 0 spiro atoms. The standard InChI is InChI=1S/C27H31N5O12/c1-12(2)24(37)40-11-41-26(38)29-18-7-16-21-17(18)9-32(31-19(21)8-28-30-23(16)36)25-27(6,44-15(5)35)22(42-14(4)34)20(43-25)10-39-13(3)33/h7-9,12,20,22,25H,10-11H2,1-6H3,(H,29,38)(H,30,36). The van der Waals surface area contributed by atoms with Gasteiger partial charge in [0.05, 0.1) is 23.2 Å². The molecular weight excluding hydrogens is 586 g/mol. The molecule has 0 radical (unpaired) electrons. The van der Waals surface area contributed by atoms with E-state index in [0.717, 1.165) is 13.8 Å². The number of hydrogen-bond donors (Lipinski definition) is 2. The number of H-pyrrole nitrogens is 1. The lowest BCUT2D eigenvalue weighted by atomic mass is 9.95. The highest BCUT2D eigenvalue weighted by Gasteiger charge is 2.60. The molecule has 1 aromatic carbocycles. The Morgan fingerprint density at radius 1 is 1.07 bits per heavy atom. The van der Waals surface area contributed by atoms with Gasteiger partial charge in [0.25, 0.3) is 5.56 Å². The van der Waals surface area contributed by atoms with Crippen molar-refractivity contribution >= 4 is 57.3 Å². The monoisotopic (exact) mass is 617 g/mol. The van der Waals surface area contributed by atoms with Crippen molar-refractivity contribution in [3.05, 3.63) is 28.8 Å². The first kappa shape index (κ1) is 31.9. The van der Waals surface area contributed by atoms with Crippen LogP contribution in [0.25, 0.3) is 21.7 Å². The molecule has 236 valence electrons. The lowest BCUT2D eigenvalue weighted by Crippen LogP contribution is -2.50. The second-order valence-electron chi connectivity index (χ2n) is 10.4. The number of ether oxygens (including phenoxy) is 6. The largest absolute Gasteiger partial charge is 0.463 e. The zero-order chi connectivity index (χ0) is 32.3. The third-order valence-electron chi connectivity index (χ3n) is 6.60. The van der Waals surface area contributed by atoms with E-state index in [-0.39, 0.29) is 28.6 Å². The van der Waals surface area contributed by atoms with Crippen molar-refractivity contribution < 1.29 is 52.4 Å². The third-order valence-corrected chi connectivity index (χ3v) is 6.60. The fourth-order valence-electron chi connectivity index (χ4n) is 4.80. The number of carbonyl (C=O) groups is 5. The maximum Gasteiger partial charge on any atom is 0.414 e. The Kier molecular flexibility index (Phi) is 9.17. The summed E-state index contributed by atoms with van der Waals surface area (Å²) in [6.07, 6.45) is -1.94. The molecular formula is C27H31N5O12. The minimum Gasteiger partial charge on any atom is -0.463 e. The molecule has 4 unspecified atom stereocenters. The highest BCUT2D eigenvalue weighted by molar-refractivity contribution is 6.16. The van der Waals surface area contributed by atoms with E-state index >= 15 is 0 Å². The Balaban J connectivity index is 1.80. The van der Waals surface area contributed by atoms with Gasteiger partial charge in [-0.1, -0.05) is 13.8 Å². The van der Waals surface area contributed by atoms with E-state index in [1.807, 2.05) is 0 Å². The van der Waals surface area contributed by atoms with Crippen LogP contribution in [0.5, 0.6) is 0 Å². The van der Waals surface area contributed by atoms with Crippen molar-refractivity contribution in [3.8, 4) is 0 Å². The van der Waals surface area contributed by atoms with Gasteiger partial charge in [0, 0.05) is 37.7 Å². The molecule has 0 saturated carbocycles. The van der Waals surface area contributed by atoms with Crippen LogP contribution >= 0.6 is 0 Å². The summed E-state index contributed by atoms with van der Waals surface area (Å²) >= 11 is 0. The van der Waals surface area contributed by atoms with E-state index < -0.39 is 72.3 Å². The fourth-order valence-corrected chi connectivity index (χ4v) is 4.80. The van der Waals surface area contributed by atoms with Crippen molar-refractivity contribution in [2.75, 3.05) is 18.7 Å². The first-order valence-corrected chi connectivity index (χ1v) is 13.4. The van der Waals surface area contributed by atoms with Crippen molar-refractivity contribution in [1.82, 2.24) is 20.0 Å². The molecule has 1 amide bonds. The molecule has 4 atom stereocenters. The van der Waals surface area contributed by atoms with Gasteiger partial charge >= 0.3 is 30.0 Å². The molecule has 17 nitrogen and oxygen atoms in total. The molecule has 4 rings (SSSR count). The SMILES string of the molecule is CC(=O)OCC1OC(n2cc3c(NC(=O)OCOC(=O)C(C)C)cc4c(=O)[nH]ncc(n2)c34)C(C)(OC(C)=O)C1OC(C)=O. The topological polar surface area (TPSA) is 216 Å². The van der Waals surface area contributed by atoms with Gasteiger partial charge in [0.15, 0.2) is 17.9 Å². The second-order valence-corrected chi connectivity index (χ2v) is 10.4. The zero-order valence-corrected chi connectivity index (χ0v) is 24.7. The second kappa shape index (κ2) is 12.7. The molecule has 44 heavy (non-hydrogen) atoms. The smallest absolute Gasteiger partial charge is 0.414 e. The molecule has 2 N–H and O–H groups in total.